The third kappa shape index (κ3) is 4.08. The van der Waals surface area contributed by atoms with E-state index in [4.69, 9.17) is 4.74 Å². The van der Waals surface area contributed by atoms with Crippen molar-refractivity contribution in [3.05, 3.63) is 24.0 Å². The first-order valence-electron chi connectivity index (χ1n) is 6.57. The van der Waals surface area contributed by atoms with Gasteiger partial charge in [0, 0.05) is 12.1 Å². The van der Waals surface area contributed by atoms with E-state index in [1.165, 1.54) is 19.2 Å². The number of ether oxygens (including phenoxy) is 1. The molecule has 2 rings (SSSR count). The molecule has 1 atom stereocenters. The molecule has 0 saturated carbocycles. The van der Waals surface area contributed by atoms with E-state index in [9.17, 15) is 12.8 Å². The third-order valence-electron chi connectivity index (χ3n) is 3.26. The van der Waals surface area contributed by atoms with Crippen molar-refractivity contribution >= 4 is 15.7 Å². The Morgan fingerprint density at radius 3 is 2.85 bits per heavy atom. The van der Waals surface area contributed by atoms with Crippen LogP contribution in [0.15, 0.2) is 18.2 Å². The zero-order valence-corrected chi connectivity index (χ0v) is 12.2. The summed E-state index contributed by atoms with van der Waals surface area (Å²) in [5.74, 6) is -0.508. The fourth-order valence-corrected chi connectivity index (χ4v) is 3.67. The number of sulfonamides is 1. The smallest absolute Gasteiger partial charge is 0.234 e. The molecule has 20 heavy (non-hydrogen) atoms. The second-order valence-corrected chi connectivity index (χ2v) is 6.65. The van der Waals surface area contributed by atoms with Gasteiger partial charge >= 0.3 is 0 Å². The average Bonchev–Trinajstić information content (AvgIpc) is 2.39. The number of hydrogen-bond donors (Lipinski definition) is 2. The fraction of sp³-hybridized carbons (Fsp3) is 0.538. The lowest BCUT2D eigenvalue weighted by atomic mass is 10.1. The molecule has 1 fully saturated rings. The van der Waals surface area contributed by atoms with Gasteiger partial charge in [0.2, 0.25) is 10.0 Å². The second kappa shape index (κ2) is 6.41. The maximum absolute atomic E-state index is 13.5. The monoisotopic (exact) mass is 302 g/mol. The molecule has 112 valence electrons. The highest BCUT2D eigenvalue weighted by molar-refractivity contribution is 7.92. The predicted octanol–water partition coefficient (Wildman–Crippen LogP) is 1.72. The van der Waals surface area contributed by atoms with Crippen molar-refractivity contribution in [1.82, 2.24) is 5.32 Å². The van der Waals surface area contributed by atoms with Gasteiger partial charge in [-0.25, -0.2) is 12.8 Å². The van der Waals surface area contributed by atoms with Crippen molar-refractivity contribution in [3.8, 4) is 5.75 Å². The molecule has 1 unspecified atom stereocenters. The molecule has 7 heteroatoms. The van der Waals surface area contributed by atoms with E-state index in [1.54, 1.807) is 0 Å². The third-order valence-corrected chi connectivity index (χ3v) is 4.65. The number of hydrogen-bond acceptors (Lipinski definition) is 4. The van der Waals surface area contributed by atoms with E-state index < -0.39 is 15.8 Å². The Balaban J connectivity index is 2.02. The van der Waals surface area contributed by atoms with E-state index in [0.717, 1.165) is 31.9 Å². The first kappa shape index (κ1) is 15.1. The Hall–Kier alpha value is -1.34. The summed E-state index contributed by atoms with van der Waals surface area (Å²) >= 11 is 0. The minimum atomic E-state index is -3.49. The highest BCUT2D eigenvalue weighted by atomic mass is 32.2. The fourth-order valence-electron chi connectivity index (χ4n) is 2.28. The summed E-state index contributed by atoms with van der Waals surface area (Å²) < 4.78 is 44.8. The lowest BCUT2D eigenvalue weighted by Gasteiger charge is -2.23. The molecule has 0 aliphatic carbocycles. The van der Waals surface area contributed by atoms with Crippen LogP contribution in [0.4, 0.5) is 10.1 Å². The van der Waals surface area contributed by atoms with E-state index >= 15 is 0 Å². The van der Waals surface area contributed by atoms with Crippen LogP contribution in [0.1, 0.15) is 19.3 Å². The first-order valence-corrected chi connectivity index (χ1v) is 8.23. The summed E-state index contributed by atoms with van der Waals surface area (Å²) in [5.41, 5.74) is 0.208. The van der Waals surface area contributed by atoms with Crippen LogP contribution in [-0.4, -0.2) is 33.9 Å². The van der Waals surface area contributed by atoms with Gasteiger partial charge in [-0.3, -0.25) is 4.72 Å². The molecule has 2 N–H and O–H groups in total. The van der Waals surface area contributed by atoms with Crippen LogP contribution in [0.25, 0.3) is 0 Å². The topological polar surface area (TPSA) is 67.4 Å². The van der Waals surface area contributed by atoms with Crippen molar-refractivity contribution in [1.29, 1.82) is 0 Å². The van der Waals surface area contributed by atoms with E-state index in [2.05, 4.69) is 10.0 Å². The van der Waals surface area contributed by atoms with Crippen LogP contribution in [-0.2, 0) is 10.0 Å². The van der Waals surface area contributed by atoms with Crippen LogP contribution < -0.4 is 14.8 Å². The molecule has 1 aromatic rings. The molecule has 5 nitrogen and oxygen atoms in total. The summed E-state index contributed by atoms with van der Waals surface area (Å²) in [6.45, 7) is 0.845. The average molecular weight is 302 g/mol. The minimum Gasteiger partial charge on any atom is -0.494 e. The van der Waals surface area contributed by atoms with Crippen molar-refractivity contribution < 1.29 is 17.5 Å². The number of anilines is 1. The van der Waals surface area contributed by atoms with Gasteiger partial charge in [0.1, 0.15) is 0 Å². The molecule has 0 amide bonds. The number of benzene rings is 1. The number of rotatable bonds is 5. The molecule has 0 aromatic heterocycles. The van der Waals surface area contributed by atoms with Gasteiger partial charge in [-0.2, -0.15) is 0 Å². The van der Waals surface area contributed by atoms with Gasteiger partial charge in [-0.15, -0.1) is 0 Å². The van der Waals surface area contributed by atoms with Gasteiger partial charge in [0.15, 0.2) is 11.6 Å². The lowest BCUT2D eigenvalue weighted by molar-refractivity contribution is 0.386. The van der Waals surface area contributed by atoms with Crippen molar-refractivity contribution in [2.45, 2.75) is 25.3 Å². The molecular formula is C13H19FN2O3S. The minimum absolute atomic E-state index is 0.000643. The molecule has 0 bridgehead atoms. The van der Waals surface area contributed by atoms with Crippen LogP contribution in [0.5, 0.6) is 5.75 Å². The second-order valence-electron chi connectivity index (χ2n) is 4.88. The van der Waals surface area contributed by atoms with Crippen LogP contribution in [0.3, 0.4) is 0 Å². The van der Waals surface area contributed by atoms with Crippen LogP contribution in [0, 0.1) is 5.82 Å². The maximum atomic E-state index is 13.5. The quantitative estimate of drug-likeness (QED) is 0.869. The molecule has 1 saturated heterocycles. The van der Waals surface area contributed by atoms with Crippen LogP contribution >= 0.6 is 0 Å². The normalized spacial score (nSPS) is 19.6. The highest BCUT2D eigenvalue weighted by Crippen LogP contribution is 2.21. The first-order chi connectivity index (χ1) is 9.50. The lowest BCUT2D eigenvalue weighted by Crippen LogP contribution is -2.40. The van der Waals surface area contributed by atoms with Crippen molar-refractivity contribution in [3.63, 3.8) is 0 Å². The number of nitrogens with one attached hydrogen (secondary N) is 2. The zero-order valence-electron chi connectivity index (χ0n) is 11.4. The molecule has 0 spiro atoms. The zero-order chi connectivity index (χ0) is 14.6. The number of methoxy groups -OCH3 is 1. The van der Waals surface area contributed by atoms with Gasteiger partial charge in [-0.1, -0.05) is 6.42 Å². The molecular weight excluding hydrogens is 283 g/mol. The Kier molecular flexibility index (Phi) is 4.82. The van der Waals surface area contributed by atoms with E-state index in [-0.39, 0.29) is 23.2 Å². The summed E-state index contributed by atoms with van der Waals surface area (Å²) in [4.78, 5) is 0. The van der Waals surface area contributed by atoms with E-state index in [0.29, 0.717) is 0 Å². The highest BCUT2D eigenvalue weighted by Gasteiger charge is 2.21. The maximum Gasteiger partial charge on any atom is 0.234 e. The predicted molar refractivity (Wildman–Crippen MR) is 76.0 cm³/mol. The number of halogens is 1. The summed E-state index contributed by atoms with van der Waals surface area (Å²) in [6.07, 6.45) is 2.95. The summed E-state index contributed by atoms with van der Waals surface area (Å²) in [6, 6.07) is 3.95. The largest absolute Gasteiger partial charge is 0.494 e. The molecule has 0 radical (unpaired) electrons. The van der Waals surface area contributed by atoms with Gasteiger partial charge in [-0.05, 0) is 31.5 Å². The summed E-state index contributed by atoms with van der Waals surface area (Å²) in [5, 5.41) is 3.18. The molecule has 1 aliphatic heterocycles. The summed E-state index contributed by atoms with van der Waals surface area (Å²) in [7, 11) is -2.13. The van der Waals surface area contributed by atoms with Gasteiger partial charge < -0.3 is 10.1 Å². The van der Waals surface area contributed by atoms with Crippen LogP contribution in [0.2, 0.25) is 0 Å². The van der Waals surface area contributed by atoms with Crippen molar-refractivity contribution in [2.75, 3.05) is 24.1 Å². The van der Waals surface area contributed by atoms with Gasteiger partial charge in [0.05, 0.1) is 18.6 Å². The van der Waals surface area contributed by atoms with Crippen molar-refractivity contribution in [2.24, 2.45) is 0 Å². The molecule has 1 aromatic carbocycles. The Morgan fingerprint density at radius 2 is 2.25 bits per heavy atom. The standard InChI is InChI=1S/C13H19FN2O3S/c1-19-13-6-5-10(8-12(13)14)16-20(17,18)9-11-4-2-3-7-15-11/h5-6,8,11,15-16H,2-4,7,9H2,1H3. The molecule has 1 heterocycles. The Morgan fingerprint density at radius 1 is 1.45 bits per heavy atom. The molecule has 1 aliphatic rings. The Labute approximate surface area is 118 Å². The Bertz CT molecular complexity index is 557. The number of piperidine rings is 1. The van der Waals surface area contributed by atoms with Gasteiger partial charge in [0.25, 0.3) is 0 Å². The SMILES string of the molecule is COc1ccc(NS(=O)(=O)CC2CCCCN2)cc1F. The van der Waals surface area contributed by atoms with E-state index in [1.807, 2.05) is 0 Å².